The highest BCUT2D eigenvalue weighted by atomic mass is 19.1. The molecule has 1 aliphatic rings. The normalized spacial score (nSPS) is 19.2. The van der Waals surface area contributed by atoms with Gasteiger partial charge in [-0.05, 0) is 36.6 Å². The number of carboxylic acids is 1. The molecule has 1 saturated heterocycles. The molecule has 1 aromatic carbocycles. The van der Waals surface area contributed by atoms with Gasteiger partial charge in [0.25, 0.3) is 0 Å². The molecule has 4 nitrogen and oxygen atoms in total. The van der Waals surface area contributed by atoms with E-state index in [0.29, 0.717) is 19.4 Å². The largest absolute Gasteiger partial charge is 0.481 e. The second-order valence-electron chi connectivity index (χ2n) is 4.85. The second kappa shape index (κ2) is 6.32. The average Bonchev–Trinajstić information content (AvgIpc) is 2.46. The molecule has 1 heterocycles. The summed E-state index contributed by atoms with van der Waals surface area (Å²) >= 11 is 0. The number of nitrogens with zero attached hydrogens (tertiary/aromatic N) is 1. The molecule has 5 heteroatoms. The van der Waals surface area contributed by atoms with Crippen molar-refractivity contribution in [2.75, 3.05) is 13.1 Å². The molecule has 106 valence electrons. The molecule has 0 unspecified atom stereocenters. The Labute approximate surface area is 116 Å². The Morgan fingerprint density at radius 2 is 2.00 bits per heavy atom. The van der Waals surface area contributed by atoms with Crippen molar-refractivity contribution >= 4 is 18.0 Å². The Morgan fingerprint density at radius 1 is 1.30 bits per heavy atom. The van der Waals surface area contributed by atoms with E-state index in [4.69, 9.17) is 5.11 Å². The van der Waals surface area contributed by atoms with Crippen LogP contribution in [0.2, 0.25) is 0 Å². The number of aliphatic carboxylic acids is 1. The van der Waals surface area contributed by atoms with Crippen LogP contribution in [-0.2, 0) is 9.59 Å². The van der Waals surface area contributed by atoms with Gasteiger partial charge in [0.2, 0.25) is 5.91 Å². The Hall–Kier alpha value is -2.17. The third-order valence-corrected chi connectivity index (χ3v) is 3.37. The zero-order valence-corrected chi connectivity index (χ0v) is 11.0. The van der Waals surface area contributed by atoms with Crippen LogP contribution in [0.25, 0.3) is 6.08 Å². The second-order valence-corrected chi connectivity index (χ2v) is 4.85. The Bertz CT molecular complexity index is 524. The Kier molecular flexibility index (Phi) is 4.50. The predicted molar refractivity (Wildman–Crippen MR) is 72.4 cm³/mol. The summed E-state index contributed by atoms with van der Waals surface area (Å²) in [5, 5.41) is 8.98. The molecule has 0 saturated carbocycles. The van der Waals surface area contributed by atoms with E-state index in [9.17, 15) is 14.0 Å². The van der Waals surface area contributed by atoms with Gasteiger partial charge in [0.1, 0.15) is 5.82 Å². The van der Waals surface area contributed by atoms with Gasteiger partial charge in [-0.2, -0.15) is 0 Å². The first-order chi connectivity index (χ1) is 9.56. The zero-order valence-electron chi connectivity index (χ0n) is 11.0. The number of amides is 1. The van der Waals surface area contributed by atoms with Crippen molar-refractivity contribution in [1.82, 2.24) is 4.90 Å². The monoisotopic (exact) mass is 277 g/mol. The standard InChI is InChI=1S/C15H16FNO3/c16-13-6-3-11(4-7-13)5-8-14(18)17-9-1-2-12(10-17)15(19)20/h3-8,12H,1-2,9-10H2,(H,19,20)/b8-5+/t12-/m1/s1. The molecule has 1 aromatic rings. The molecule has 2 rings (SSSR count). The quantitative estimate of drug-likeness (QED) is 0.861. The van der Waals surface area contributed by atoms with E-state index in [1.54, 1.807) is 23.1 Å². The fourth-order valence-electron chi connectivity index (χ4n) is 2.23. The van der Waals surface area contributed by atoms with Crippen molar-refractivity contribution in [3.63, 3.8) is 0 Å². The molecule has 1 aliphatic heterocycles. The first-order valence-electron chi connectivity index (χ1n) is 6.51. The maximum absolute atomic E-state index is 12.7. The lowest BCUT2D eigenvalue weighted by molar-refractivity contribution is -0.144. The van der Waals surface area contributed by atoms with Crippen molar-refractivity contribution < 1.29 is 19.1 Å². The van der Waals surface area contributed by atoms with Crippen LogP contribution in [0.4, 0.5) is 4.39 Å². The first-order valence-corrected chi connectivity index (χ1v) is 6.51. The van der Waals surface area contributed by atoms with Crippen LogP contribution in [0.1, 0.15) is 18.4 Å². The number of halogens is 1. The number of carbonyl (C=O) groups is 2. The van der Waals surface area contributed by atoms with Crippen LogP contribution in [0.5, 0.6) is 0 Å². The average molecular weight is 277 g/mol. The minimum atomic E-state index is -0.856. The summed E-state index contributed by atoms with van der Waals surface area (Å²) in [6.45, 7) is 0.832. The Balaban J connectivity index is 1.97. The fraction of sp³-hybridized carbons (Fsp3) is 0.333. The lowest BCUT2D eigenvalue weighted by Crippen LogP contribution is -2.41. The molecule has 0 bridgehead atoms. The molecule has 0 aliphatic carbocycles. The van der Waals surface area contributed by atoms with Gasteiger partial charge in [0.15, 0.2) is 0 Å². The maximum atomic E-state index is 12.7. The highest BCUT2D eigenvalue weighted by Gasteiger charge is 2.26. The highest BCUT2D eigenvalue weighted by molar-refractivity contribution is 5.92. The number of hydrogen-bond donors (Lipinski definition) is 1. The van der Waals surface area contributed by atoms with E-state index in [-0.39, 0.29) is 18.3 Å². The molecule has 0 aromatic heterocycles. The van der Waals surface area contributed by atoms with Gasteiger partial charge >= 0.3 is 5.97 Å². The van der Waals surface area contributed by atoms with E-state index >= 15 is 0 Å². The summed E-state index contributed by atoms with van der Waals surface area (Å²) in [6.07, 6.45) is 4.32. The lowest BCUT2D eigenvalue weighted by atomic mass is 9.98. The van der Waals surface area contributed by atoms with Gasteiger partial charge in [-0.25, -0.2) is 4.39 Å². The van der Waals surface area contributed by atoms with Crippen molar-refractivity contribution in [2.45, 2.75) is 12.8 Å². The van der Waals surface area contributed by atoms with Crippen molar-refractivity contribution in [3.8, 4) is 0 Å². The molecule has 1 N–H and O–H groups in total. The zero-order chi connectivity index (χ0) is 14.5. The van der Waals surface area contributed by atoms with E-state index in [1.165, 1.54) is 18.2 Å². The number of likely N-dealkylation sites (tertiary alicyclic amines) is 1. The third kappa shape index (κ3) is 3.66. The first kappa shape index (κ1) is 14.2. The summed E-state index contributed by atoms with van der Waals surface area (Å²) in [6, 6.07) is 5.81. The van der Waals surface area contributed by atoms with Crippen LogP contribution in [-0.4, -0.2) is 35.0 Å². The fourth-order valence-corrected chi connectivity index (χ4v) is 2.23. The van der Waals surface area contributed by atoms with Gasteiger partial charge in [-0.3, -0.25) is 9.59 Å². The molecule has 1 atom stereocenters. The van der Waals surface area contributed by atoms with Crippen LogP contribution in [0, 0.1) is 11.7 Å². The van der Waals surface area contributed by atoms with Gasteiger partial charge < -0.3 is 10.0 Å². The van der Waals surface area contributed by atoms with Crippen molar-refractivity contribution in [2.24, 2.45) is 5.92 Å². The lowest BCUT2D eigenvalue weighted by Gasteiger charge is -2.29. The van der Waals surface area contributed by atoms with Crippen LogP contribution in [0.15, 0.2) is 30.3 Å². The summed E-state index contributed by atoms with van der Waals surface area (Å²) in [4.78, 5) is 24.5. The molecule has 0 spiro atoms. The molecular weight excluding hydrogens is 261 g/mol. The predicted octanol–water partition coefficient (Wildman–Crippen LogP) is 2.16. The number of rotatable bonds is 3. The highest BCUT2D eigenvalue weighted by Crippen LogP contribution is 2.17. The van der Waals surface area contributed by atoms with Crippen molar-refractivity contribution in [1.29, 1.82) is 0 Å². The van der Waals surface area contributed by atoms with Gasteiger partial charge in [-0.15, -0.1) is 0 Å². The number of benzene rings is 1. The van der Waals surface area contributed by atoms with E-state index in [2.05, 4.69) is 0 Å². The molecule has 0 radical (unpaired) electrons. The summed E-state index contributed by atoms with van der Waals surface area (Å²) in [7, 11) is 0. The summed E-state index contributed by atoms with van der Waals surface area (Å²) in [5.41, 5.74) is 0.728. The van der Waals surface area contributed by atoms with Gasteiger partial charge in [0, 0.05) is 19.2 Å². The SMILES string of the molecule is O=C(O)[C@@H]1CCCN(C(=O)/C=C/c2ccc(F)cc2)C1. The minimum Gasteiger partial charge on any atom is -0.481 e. The van der Waals surface area contributed by atoms with Crippen LogP contribution < -0.4 is 0 Å². The number of carboxylic acid groups (broad SMARTS) is 1. The Morgan fingerprint density at radius 3 is 2.65 bits per heavy atom. The summed E-state index contributed by atoms with van der Waals surface area (Å²) < 4.78 is 12.7. The minimum absolute atomic E-state index is 0.208. The van der Waals surface area contributed by atoms with E-state index in [0.717, 1.165) is 5.56 Å². The topological polar surface area (TPSA) is 57.6 Å². The molecular formula is C15H16FNO3. The number of hydrogen-bond acceptors (Lipinski definition) is 2. The molecule has 20 heavy (non-hydrogen) atoms. The third-order valence-electron chi connectivity index (χ3n) is 3.37. The summed E-state index contributed by atoms with van der Waals surface area (Å²) in [5.74, 6) is -1.87. The van der Waals surface area contributed by atoms with Crippen LogP contribution >= 0.6 is 0 Å². The van der Waals surface area contributed by atoms with E-state index < -0.39 is 11.9 Å². The van der Waals surface area contributed by atoms with Crippen LogP contribution in [0.3, 0.4) is 0 Å². The number of piperidine rings is 1. The number of carbonyl (C=O) groups excluding carboxylic acids is 1. The van der Waals surface area contributed by atoms with Crippen molar-refractivity contribution in [3.05, 3.63) is 41.7 Å². The molecule has 1 amide bonds. The molecule has 1 fully saturated rings. The van der Waals surface area contributed by atoms with E-state index in [1.807, 2.05) is 0 Å². The maximum Gasteiger partial charge on any atom is 0.308 e. The van der Waals surface area contributed by atoms with Gasteiger partial charge in [0.05, 0.1) is 5.92 Å². The smallest absolute Gasteiger partial charge is 0.308 e. The van der Waals surface area contributed by atoms with Gasteiger partial charge in [-0.1, -0.05) is 12.1 Å².